The first-order chi connectivity index (χ1) is 27.4. The molecule has 0 aliphatic carbocycles. The average molecular weight is 824 g/mol. The van der Waals surface area contributed by atoms with Crippen LogP contribution in [0.3, 0.4) is 0 Å². The Morgan fingerprint density at radius 3 is 1.17 bits per heavy atom. The van der Waals surface area contributed by atoms with Crippen molar-refractivity contribution in [1.29, 1.82) is 0 Å². The Morgan fingerprint density at radius 1 is 0.483 bits per heavy atom. The Labute approximate surface area is 338 Å². The molecule has 0 aromatic carbocycles. The summed E-state index contributed by atoms with van der Waals surface area (Å²) < 4.78 is 37.1. The molecule has 1 fully saturated rings. The average Bonchev–Trinajstić information content (AvgIpc) is 3.15. The van der Waals surface area contributed by atoms with Crippen LogP contribution in [0.15, 0.2) is 48.6 Å². The standard InChI is InChI=1S/C40H57NO17/c1-26(2)37(46)50-21-13-9-17-31(42)55-30-25-54-41(58-34(45)20-12-16-24-53-40(49)29(7)8)36(57-33(44)19-11-15-23-52-39(48)28(5)6)35(30)56-32(43)18-10-14-22-51-38(47)27(3)4/h30,35-36H,1,3,5,7,9-25H2,2,4,6,8H3/t30-,35+,36-/m1/s1. The van der Waals surface area contributed by atoms with Crippen LogP contribution in [-0.4, -0.2) is 104 Å². The number of esters is 7. The van der Waals surface area contributed by atoms with E-state index < -0.39 is 72.8 Å². The molecule has 1 aliphatic rings. The number of hydrogen-bond acceptors (Lipinski definition) is 18. The van der Waals surface area contributed by atoms with E-state index in [4.69, 9.17) is 42.8 Å². The molecular formula is C40H57NO17. The van der Waals surface area contributed by atoms with Crippen molar-refractivity contribution in [2.24, 2.45) is 0 Å². The molecule has 1 heterocycles. The van der Waals surface area contributed by atoms with Gasteiger partial charge < -0.3 is 38.0 Å². The normalized spacial score (nSPS) is 16.1. The van der Waals surface area contributed by atoms with Crippen LogP contribution in [0, 0.1) is 0 Å². The van der Waals surface area contributed by atoms with Crippen molar-refractivity contribution in [3.63, 3.8) is 0 Å². The number of carbonyl (C=O) groups excluding carboxylic acids is 8. The first kappa shape index (κ1) is 50.7. The third-order valence-corrected chi connectivity index (χ3v) is 7.64. The zero-order valence-corrected chi connectivity index (χ0v) is 34.0. The van der Waals surface area contributed by atoms with Crippen LogP contribution in [-0.2, 0) is 81.2 Å². The molecule has 18 nitrogen and oxygen atoms in total. The fourth-order valence-corrected chi connectivity index (χ4v) is 4.46. The van der Waals surface area contributed by atoms with E-state index in [9.17, 15) is 38.4 Å². The van der Waals surface area contributed by atoms with E-state index >= 15 is 0 Å². The molecule has 0 aromatic heterocycles. The summed E-state index contributed by atoms with van der Waals surface area (Å²) in [5.41, 5.74) is 0.873. The highest BCUT2D eigenvalue weighted by molar-refractivity contribution is 5.88. The molecule has 0 spiro atoms. The molecule has 0 radical (unpaired) electrons. The third-order valence-electron chi connectivity index (χ3n) is 7.64. The number of rotatable bonds is 28. The Kier molecular flexibility index (Phi) is 24.5. The molecule has 1 aliphatic heterocycles. The maximum absolute atomic E-state index is 13.2. The lowest BCUT2D eigenvalue weighted by Crippen LogP contribution is -2.60. The maximum Gasteiger partial charge on any atom is 0.333 e. The second kappa shape index (κ2) is 28.1. The molecule has 324 valence electrons. The molecule has 0 amide bonds. The van der Waals surface area contributed by atoms with Gasteiger partial charge in [0.25, 0.3) is 6.23 Å². The van der Waals surface area contributed by atoms with Gasteiger partial charge in [-0.25, -0.2) is 19.2 Å². The number of unbranched alkanes of at least 4 members (excludes halogenated alkanes) is 4. The van der Waals surface area contributed by atoms with Gasteiger partial charge in [0, 0.05) is 53.2 Å². The third kappa shape index (κ3) is 21.8. The van der Waals surface area contributed by atoms with Crippen LogP contribution in [0.4, 0.5) is 0 Å². The highest BCUT2D eigenvalue weighted by Gasteiger charge is 2.48. The van der Waals surface area contributed by atoms with E-state index in [-0.39, 0.29) is 113 Å². The van der Waals surface area contributed by atoms with E-state index in [0.29, 0.717) is 18.1 Å². The monoisotopic (exact) mass is 823 g/mol. The summed E-state index contributed by atoms with van der Waals surface area (Å²) in [4.78, 5) is 110. The Balaban J connectivity index is 3.15. The van der Waals surface area contributed by atoms with Crippen molar-refractivity contribution >= 4 is 47.8 Å². The summed E-state index contributed by atoms with van der Waals surface area (Å²) in [5, 5.41) is 0.561. The van der Waals surface area contributed by atoms with Gasteiger partial charge in [-0.05, 0) is 79.1 Å². The molecule has 18 heteroatoms. The number of nitrogens with zero attached hydrogens (tertiary/aromatic N) is 1. The Hall–Kier alpha value is -5.36. The van der Waals surface area contributed by atoms with Gasteiger partial charge in [0.05, 0.1) is 26.4 Å². The molecule has 0 N–H and O–H groups in total. The number of hydroxylamine groups is 2. The van der Waals surface area contributed by atoms with E-state index in [1.165, 1.54) is 27.7 Å². The topological polar surface area (TPSA) is 223 Å². The zero-order chi connectivity index (χ0) is 43.6. The predicted molar refractivity (Wildman–Crippen MR) is 202 cm³/mol. The van der Waals surface area contributed by atoms with Crippen LogP contribution in [0.1, 0.15) is 105 Å². The van der Waals surface area contributed by atoms with Crippen molar-refractivity contribution in [1.82, 2.24) is 5.23 Å². The lowest BCUT2D eigenvalue weighted by molar-refractivity contribution is -0.437. The molecule has 0 unspecified atom stereocenters. The van der Waals surface area contributed by atoms with Crippen molar-refractivity contribution in [3.8, 4) is 0 Å². The van der Waals surface area contributed by atoms with Crippen LogP contribution in [0.2, 0.25) is 0 Å². The zero-order valence-electron chi connectivity index (χ0n) is 34.0. The summed E-state index contributed by atoms with van der Waals surface area (Å²) in [6.07, 6.45) is -3.32. The number of carbonyl (C=O) groups is 8. The number of hydrogen-bond donors (Lipinski definition) is 0. The van der Waals surface area contributed by atoms with Gasteiger partial charge in [-0.15, -0.1) is 0 Å². The minimum atomic E-state index is -1.76. The molecule has 1 saturated heterocycles. The second-order valence-corrected chi connectivity index (χ2v) is 13.4. The van der Waals surface area contributed by atoms with Crippen LogP contribution in [0.25, 0.3) is 0 Å². The lowest BCUT2D eigenvalue weighted by Gasteiger charge is -2.40. The summed E-state index contributed by atoms with van der Waals surface area (Å²) in [6, 6.07) is 0. The van der Waals surface area contributed by atoms with Gasteiger partial charge in [0.2, 0.25) is 0 Å². The highest BCUT2D eigenvalue weighted by atomic mass is 17.0. The summed E-state index contributed by atoms with van der Waals surface area (Å²) >= 11 is 0. The fraction of sp³-hybridized carbons (Fsp3) is 0.600. The maximum atomic E-state index is 13.2. The van der Waals surface area contributed by atoms with E-state index in [2.05, 4.69) is 26.3 Å². The van der Waals surface area contributed by atoms with E-state index in [1.54, 1.807) is 0 Å². The van der Waals surface area contributed by atoms with E-state index in [1.807, 2.05) is 0 Å². The molecule has 0 saturated carbocycles. The van der Waals surface area contributed by atoms with Gasteiger partial charge in [-0.3, -0.25) is 24.0 Å². The smallest absolute Gasteiger partial charge is 0.333 e. The Morgan fingerprint density at radius 2 is 0.810 bits per heavy atom. The van der Waals surface area contributed by atoms with Crippen molar-refractivity contribution in [3.05, 3.63) is 48.6 Å². The minimum Gasteiger partial charge on any atom is -0.462 e. The quantitative estimate of drug-likeness (QED) is 0.0457. The fourth-order valence-electron chi connectivity index (χ4n) is 4.46. The van der Waals surface area contributed by atoms with Crippen molar-refractivity contribution in [2.75, 3.05) is 33.0 Å². The molecule has 3 atom stereocenters. The Bertz CT molecular complexity index is 1390. The lowest BCUT2D eigenvalue weighted by atomic mass is 10.1. The summed E-state index contributed by atoms with van der Waals surface area (Å²) in [7, 11) is 0. The van der Waals surface area contributed by atoms with Crippen LogP contribution < -0.4 is 0 Å². The van der Waals surface area contributed by atoms with Gasteiger partial charge >= 0.3 is 47.8 Å². The molecular weight excluding hydrogens is 766 g/mol. The largest absolute Gasteiger partial charge is 0.462 e. The van der Waals surface area contributed by atoms with Crippen molar-refractivity contribution in [2.45, 2.75) is 123 Å². The van der Waals surface area contributed by atoms with Gasteiger partial charge in [-0.1, -0.05) is 26.3 Å². The first-order valence-electron chi connectivity index (χ1n) is 18.9. The van der Waals surface area contributed by atoms with Crippen molar-refractivity contribution < 1.29 is 81.2 Å². The number of ether oxygens (including phenoxy) is 7. The molecule has 0 bridgehead atoms. The minimum absolute atomic E-state index is 0.00262. The van der Waals surface area contributed by atoms with E-state index in [0.717, 1.165) is 0 Å². The molecule has 1 rings (SSSR count). The second-order valence-electron chi connectivity index (χ2n) is 13.4. The highest BCUT2D eigenvalue weighted by Crippen LogP contribution is 2.26. The first-order valence-corrected chi connectivity index (χ1v) is 18.9. The molecule has 0 aromatic rings. The van der Waals surface area contributed by atoms with Crippen LogP contribution in [0.5, 0.6) is 0 Å². The summed E-state index contributed by atoms with van der Waals surface area (Å²) in [5.74, 6) is -5.56. The summed E-state index contributed by atoms with van der Waals surface area (Å²) in [6.45, 7) is 19.6. The van der Waals surface area contributed by atoms with Gasteiger partial charge in [0.1, 0.15) is 6.61 Å². The van der Waals surface area contributed by atoms with Gasteiger partial charge in [-0.2, -0.15) is 0 Å². The predicted octanol–water partition coefficient (Wildman–Crippen LogP) is 4.54. The van der Waals surface area contributed by atoms with Crippen LogP contribution >= 0.6 is 0 Å². The molecule has 58 heavy (non-hydrogen) atoms. The van der Waals surface area contributed by atoms with Gasteiger partial charge in [0.15, 0.2) is 12.2 Å². The SMILES string of the molecule is C=C(C)C(=O)OCCCCC(=O)O[C@@H]1[C@@H](OC(=O)CCCCOC(=O)C(=C)C)N(OC(=O)CCCCOC(=O)C(=C)C)OC[C@H]1OC(=O)CCCCOC(=O)C(=C)C.